The van der Waals surface area contributed by atoms with Crippen molar-refractivity contribution in [2.75, 3.05) is 36.9 Å². The van der Waals surface area contributed by atoms with E-state index in [1.807, 2.05) is 22.8 Å². The molecule has 4 rings (SSSR count). The number of nitrogens with two attached hydrogens (primary N) is 1. The van der Waals surface area contributed by atoms with Crippen LogP contribution in [0.15, 0.2) is 47.4 Å². The van der Waals surface area contributed by atoms with Gasteiger partial charge in [0.05, 0.1) is 24.2 Å². The molecule has 1 fully saturated rings. The molecule has 1 aliphatic rings. The molecule has 0 saturated carbocycles. The number of fused-ring (bicyclic) bond motifs is 1. The van der Waals surface area contributed by atoms with Gasteiger partial charge in [0.15, 0.2) is 0 Å². The Balaban J connectivity index is 1.73. The van der Waals surface area contributed by atoms with E-state index in [-0.39, 0.29) is 0 Å². The van der Waals surface area contributed by atoms with Gasteiger partial charge in [0.25, 0.3) is 0 Å². The second-order valence-electron chi connectivity index (χ2n) is 5.59. The van der Waals surface area contributed by atoms with Crippen molar-refractivity contribution in [2.24, 2.45) is 0 Å². The van der Waals surface area contributed by atoms with Crippen LogP contribution in [0.25, 0.3) is 16.7 Å². The number of nitrogen functional groups attached to an aromatic ring is 1. The third-order valence-electron chi connectivity index (χ3n) is 4.15. The summed E-state index contributed by atoms with van der Waals surface area (Å²) >= 11 is 4.41. The minimum atomic E-state index is 0.484. The van der Waals surface area contributed by atoms with Crippen LogP contribution in [0.2, 0.25) is 0 Å². The van der Waals surface area contributed by atoms with Crippen molar-refractivity contribution in [3.05, 3.63) is 42.5 Å². The zero-order valence-corrected chi connectivity index (χ0v) is 13.5. The lowest BCUT2D eigenvalue weighted by Gasteiger charge is -2.29. The number of nitrogens with zero attached hydrogens (tertiary/aromatic N) is 3. The van der Waals surface area contributed by atoms with E-state index in [1.54, 1.807) is 0 Å². The van der Waals surface area contributed by atoms with E-state index in [9.17, 15) is 0 Å². The van der Waals surface area contributed by atoms with Crippen LogP contribution in [0.3, 0.4) is 0 Å². The summed E-state index contributed by atoms with van der Waals surface area (Å²) in [6.07, 6.45) is 0. The van der Waals surface area contributed by atoms with Crippen LogP contribution >= 0.6 is 12.6 Å². The van der Waals surface area contributed by atoms with Crippen LogP contribution in [-0.2, 0) is 4.74 Å². The zero-order chi connectivity index (χ0) is 15.8. The molecule has 1 aliphatic heterocycles. The summed E-state index contributed by atoms with van der Waals surface area (Å²) in [6.45, 7) is 3.42. The molecule has 0 spiro atoms. The van der Waals surface area contributed by atoms with E-state index in [1.165, 1.54) is 5.69 Å². The number of rotatable bonds is 2. The number of thiol groups is 1. The summed E-state index contributed by atoms with van der Waals surface area (Å²) in [5.74, 6) is 0.484. The Hall–Kier alpha value is -2.18. The number of benzene rings is 2. The van der Waals surface area contributed by atoms with Crippen LogP contribution in [0.4, 0.5) is 11.6 Å². The highest BCUT2D eigenvalue weighted by Gasteiger charge is 2.13. The molecule has 2 aromatic carbocycles. The first-order valence-electron chi connectivity index (χ1n) is 7.62. The van der Waals surface area contributed by atoms with Gasteiger partial charge in [0.1, 0.15) is 0 Å². The fourth-order valence-electron chi connectivity index (χ4n) is 2.99. The average Bonchev–Trinajstić information content (AvgIpc) is 2.91. The Bertz CT molecular complexity index is 838. The molecule has 3 aromatic rings. The monoisotopic (exact) mass is 326 g/mol. The van der Waals surface area contributed by atoms with Crippen molar-refractivity contribution in [3.63, 3.8) is 0 Å². The third kappa shape index (κ3) is 2.64. The number of imidazole rings is 1. The van der Waals surface area contributed by atoms with E-state index in [0.717, 1.165) is 47.9 Å². The van der Waals surface area contributed by atoms with Crippen molar-refractivity contribution in [1.82, 2.24) is 9.55 Å². The van der Waals surface area contributed by atoms with Crippen molar-refractivity contribution in [1.29, 1.82) is 0 Å². The lowest BCUT2D eigenvalue weighted by atomic mass is 10.2. The van der Waals surface area contributed by atoms with Crippen LogP contribution in [0, 0.1) is 0 Å². The average molecular weight is 326 g/mol. The normalized spacial score (nSPS) is 15.3. The third-order valence-corrected chi connectivity index (χ3v) is 4.43. The second-order valence-corrected chi connectivity index (χ2v) is 6.11. The fraction of sp³-hybridized carbons (Fsp3) is 0.235. The summed E-state index contributed by atoms with van der Waals surface area (Å²) in [5.41, 5.74) is 10.2. The van der Waals surface area contributed by atoms with Gasteiger partial charge in [-0.15, -0.1) is 12.6 Å². The van der Waals surface area contributed by atoms with E-state index in [2.05, 4.69) is 46.8 Å². The summed E-state index contributed by atoms with van der Waals surface area (Å²) in [5, 5.41) is 0. The summed E-state index contributed by atoms with van der Waals surface area (Å²) in [6, 6.07) is 14.2. The molecule has 0 radical (unpaired) electrons. The standard InChI is InChI=1S/C17H18N4OS/c18-17-19-15-6-5-14(23)11-16(15)21(17)13-3-1-12(2-4-13)20-7-9-22-10-8-20/h1-6,11,23H,7-10H2,(H2,18,19). The van der Waals surface area contributed by atoms with Crippen LogP contribution in [0.1, 0.15) is 0 Å². The predicted molar refractivity (Wildman–Crippen MR) is 95.8 cm³/mol. The van der Waals surface area contributed by atoms with Crippen molar-refractivity contribution < 1.29 is 4.74 Å². The Labute approximate surface area is 140 Å². The Morgan fingerprint density at radius 1 is 1.00 bits per heavy atom. The van der Waals surface area contributed by atoms with Gasteiger partial charge in [-0.05, 0) is 42.5 Å². The molecule has 0 atom stereocenters. The van der Waals surface area contributed by atoms with Gasteiger partial charge in [0.2, 0.25) is 5.95 Å². The molecular weight excluding hydrogens is 308 g/mol. The first-order chi connectivity index (χ1) is 11.2. The molecule has 1 aromatic heterocycles. The maximum atomic E-state index is 6.12. The zero-order valence-electron chi connectivity index (χ0n) is 12.6. The van der Waals surface area contributed by atoms with E-state index >= 15 is 0 Å². The molecule has 0 amide bonds. The minimum absolute atomic E-state index is 0.484. The maximum absolute atomic E-state index is 6.12. The van der Waals surface area contributed by atoms with E-state index in [4.69, 9.17) is 10.5 Å². The van der Waals surface area contributed by atoms with Gasteiger partial charge in [-0.3, -0.25) is 4.57 Å². The molecular formula is C17H18N4OS. The first-order valence-corrected chi connectivity index (χ1v) is 8.07. The number of morpholine rings is 1. The lowest BCUT2D eigenvalue weighted by molar-refractivity contribution is 0.122. The highest BCUT2D eigenvalue weighted by Crippen LogP contribution is 2.26. The first kappa shape index (κ1) is 14.4. The van der Waals surface area contributed by atoms with Gasteiger partial charge in [-0.2, -0.15) is 0 Å². The summed E-state index contributed by atoms with van der Waals surface area (Å²) < 4.78 is 7.36. The molecule has 0 unspecified atom stereocenters. The molecule has 0 aliphatic carbocycles. The lowest BCUT2D eigenvalue weighted by Crippen LogP contribution is -2.36. The van der Waals surface area contributed by atoms with Crippen molar-refractivity contribution >= 4 is 35.3 Å². The Morgan fingerprint density at radius 2 is 1.70 bits per heavy atom. The van der Waals surface area contributed by atoms with Crippen molar-refractivity contribution in [3.8, 4) is 5.69 Å². The highest BCUT2D eigenvalue weighted by atomic mass is 32.1. The number of aromatic nitrogens is 2. The number of anilines is 2. The second kappa shape index (κ2) is 5.79. The van der Waals surface area contributed by atoms with E-state index < -0.39 is 0 Å². The quantitative estimate of drug-likeness (QED) is 0.711. The van der Waals surface area contributed by atoms with Gasteiger partial charge in [0, 0.05) is 29.4 Å². The summed E-state index contributed by atoms with van der Waals surface area (Å²) in [4.78, 5) is 7.64. The van der Waals surface area contributed by atoms with Crippen LogP contribution in [0.5, 0.6) is 0 Å². The fourth-order valence-corrected chi connectivity index (χ4v) is 3.18. The smallest absolute Gasteiger partial charge is 0.205 e. The van der Waals surface area contributed by atoms with Gasteiger partial charge in [-0.25, -0.2) is 4.98 Å². The molecule has 118 valence electrons. The topological polar surface area (TPSA) is 56.3 Å². The number of ether oxygens (including phenoxy) is 1. The SMILES string of the molecule is Nc1nc2ccc(S)cc2n1-c1ccc(N2CCOCC2)cc1. The van der Waals surface area contributed by atoms with Gasteiger partial charge < -0.3 is 15.4 Å². The number of hydrogen-bond donors (Lipinski definition) is 2. The molecule has 2 heterocycles. The van der Waals surface area contributed by atoms with Crippen molar-refractivity contribution in [2.45, 2.75) is 4.90 Å². The molecule has 0 bridgehead atoms. The summed E-state index contributed by atoms with van der Waals surface area (Å²) in [7, 11) is 0. The molecule has 23 heavy (non-hydrogen) atoms. The minimum Gasteiger partial charge on any atom is -0.378 e. The van der Waals surface area contributed by atoms with Crippen LogP contribution < -0.4 is 10.6 Å². The molecule has 1 saturated heterocycles. The van der Waals surface area contributed by atoms with Gasteiger partial charge >= 0.3 is 0 Å². The molecule has 2 N–H and O–H groups in total. The van der Waals surface area contributed by atoms with Gasteiger partial charge in [-0.1, -0.05) is 0 Å². The maximum Gasteiger partial charge on any atom is 0.205 e. The largest absolute Gasteiger partial charge is 0.378 e. The Morgan fingerprint density at radius 3 is 2.43 bits per heavy atom. The highest BCUT2D eigenvalue weighted by molar-refractivity contribution is 7.80. The van der Waals surface area contributed by atoms with Crippen LogP contribution in [-0.4, -0.2) is 35.9 Å². The number of hydrogen-bond acceptors (Lipinski definition) is 5. The molecule has 5 nitrogen and oxygen atoms in total. The molecule has 6 heteroatoms. The Kier molecular flexibility index (Phi) is 3.63. The predicted octanol–water partition coefficient (Wildman–Crippen LogP) is 2.73. The van der Waals surface area contributed by atoms with E-state index in [0.29, 0.717) is 5.95 Å².